The van der Waals surface area contributed by atoms with Gasteiger partial charge in [0.25, 0.3) is 0 Å². The molecule has 0 amide bonds. The summed E-state index contributed by atoms with van der Waals surface area (Å²) in [6, 6.07) is 7.40. The van der Waals surface area contributed by atoms with Crippen molar-refractivity contribution in [3.63, 3.8) is 0 Å². The molecule has 0 saturated heterocycles. The van der Waals surface area contributed by atoms with Gasteiger partial charge in [-0.15, -0.1) is 0 Å². The number of aromatic hydroxyl groups is 1. The summed E-state index contributed by atoms with van der Waals surface area (Å²) in [5, 5.41) is 9.22. The Morgan fingerprint density at radius 1 is 1.25 bits per heavy atom. The molecule has 0 aliphatic heterocycles. The van der Waals surface area contributed by atoms with Crippen LogP contribution >= 0.6 is 12.2 Å². The molecule has 0 spiro atoms. The van der Waals surface area contributed by atoms with E-state index in [0.717, 1.165) is 16.0 Å². The van der Waals surface area contributed by atoms with E-state index in [1.54, 1.807) is 12.1 Å². The number of rotatable bonds is 2. The van der Waals surface area contributed by atoms with Crippen molar-refractivity contribution < 1.29 is 5.11 Å². The van der Waals surface area contributed by atoms with Crippen LogP contribution in [0.1, 0.15) is 19.9 Å². The average Bonchev–Trinajstić information content (AvgIpc) is 2.61. The molecule has 0 atom stereocenters. The number of hydrogen-bond donors (Lipinski definition) is 2. The summed E-state index contributed by atoms with van der Waals surface area (Å²) in [5.74, 6) is 0.269. The molecule has 1 aromatic heterocycles. The van der Waals surface area contributed by atoms with Crippen molar-refractivity contribution in [1.82, 2.24) is 9.55 Å². The molecule has 1 heterocycles. The van der Waals surface area contributed by atoms with Gasteiger partial charge in [0.05, 0.1) is 5.69 Å². The Morgan fingerprint density at radius 2 is 1.88 bits per heavy atom. The number of phenols is 1. The Balaban J connectivity index is 2.45. The maximum atomic E-state index is 9.22. The molecule has 16 heavy (non-hydrogen) atoms. The van der Waals surface area contributed by atoms with E-state index >= 15 is 0 Å². The lowest BCUT2D eigenvalue weighted by molar-refractivity contribution is 0.475. The van der Waals surface area contributed by atoms with E-state index in [9.17, 15) is 5.11 Å². The number of nitrogens with zero attached hydrogens (tertiary/aromatic N) is 1. The van der Waals surface area contributed by atoms with Crippen molar-refractivity contribution in [3.8, 4) is 17.0 Å². The highest BCUT2D eigenvalue weighted by Crippen LogP contribution is 2.21. The molecular formula is C12H14N2OS. The zero-order valence-corrected chi connectivity index (χ0v) is 10.1. The lowest BCUT2D eigenvalue weighted by Gasteiger charge is -2.04. The third kappa shape index (κ3) is 2.02. The minimum atomic E-state index is 0.269. The summed E-state index contributed by atoms with van der Waals surface area (Å²) in [5.41, 5.74) is 1.99. The van der Waals surface area contributed by atoms with Crippen LogP contribution in [-0.4, -0.2) is 14.7 Å². The number of nitrogens with one attached hydrogen (secondary N) is 1. The lowest BCUT2D eigenvalue weighted by atomic mass is 10.2. The van der Waals surface area contributed by atoms with Crippen LogP contribution in [0.4, 0.5) is 0 Å². The molecule has 4 heteroatoms. The molecule has 0 aliphatic rings. The number of aromatic amines is 1. The zero-order chi connectivity index (χ0) is 11.7. The quantitative estimate of drug-likeness (QED) is 0.781. The normalized spacial score (nSPS) is 10.9. The smallest absolute Gasteiger partial charge is 0.177 e. The van der Waals surface area contributed by atoms with Crippen molar-refractivity contribution in [2.24, 2.45) is 0 Å². The van der Waals surface area contributed by atoms with Crippen LogP contribution in [0.2, 0.25) is 0 Å². The highest BCUT2D eigenvalue weighted by atomic mass is 32.1. The number of benzene rings is 1. The summed E-state index contributed by atoms with van der Waals surface area (Å²) < 4.78 is 2.73. The van der Waals surface area contributed by atoms with Gasteiger partial charge >= 0.3 is 0 Å². The van der Waals surface area contributed by atoms with Crippen molar-refractivity contribution >= 4 is 12.2 Å². The fraction of sp³-hybridized carbons (Fsp3) is 0.250. The lowest BCUT2D eigenvalue weighted by Crippen LogP contribution is -1.97. The van der Waals surface area contributed by atoms with Gasteiger partial charge in [0.15, 0.2) is 4.77 Å². The van der Waals surface area contributed by atoms with Gasteiger partial charge in [-0.2, -0.15) is 0 Å². The average molecular weight is 234 g/mol. The molecule has 84 valence electrons. The van der Waals surface area contributed by atoms with Crippen LogP contribution in [0, 0.1) is 4.77 Å². The molecule has 2 N–H and O–H groups in total. The van der Waals surface area contributed by atoms with Crippen LogP contribution < -0.4 is 0 Å². The second-order valence-electron chi connectivity index (χ2n) is 4.02. The summed E-state index contributed by atoms with van der Waals surface area (Å²) in [6.45, 7) is 4.18. The SMILES string of the molecule is CC(C)n1cc(-c2ccc(O)cc2)[nH]c1=S. The van der Waals surface area contributed by atoms with Crippen LogP contribution in [-0.2, 0) is 0 Å². The summed E-state index contributed by atoms with van der Waals surface area (Å²) in [7, 11) is 0. The van der Waals surface area contributed by atoms with E-state index in [0.29, 0.717) is 6.04 Å². The molecule has 0 radical (unpaired) electrons. The fourth-order valence-electron chi connectivity index (χ4n) is 1.58. The Morgan fingerprint density at radius 3 is 2.38 bits per heavy atom. The van der Waals surface area contributed by atoms with Gasteiger partial charge in [-0.25, -0.2) is 0 Å². The number of H-pyrrole nitrogens is 1. The first-order chi connectivity index (χ1) is 7.58. The van der Waals surface area contributed by atoms with Gasteiger partial charge in [0, 0.05) is 12.2 Å². The van der Waals surface area contributed by atoms with E-state index < -0.39 is 0 Å². The third-order valence-corrected chi connectivity index (χ3v) is 2.79. The predicted octanol–water partition coefficient (Wildman–Crippen LogP) is 3.50. The Kier molecular flexibility index (Phi) is 2.83. The minimum absolute atomic E-state index is 0.269. The van der Waals surface area contributed by atoms with E-state index in [2.05, 4.69) is 18.8 Å². The number of hydrogen-bond acceptors (Lipinski definition) is 2. The monoisotopic (exact) mass is 234 g/mol. The first-order valence-corrected chi connectivity index (χ1v) is 5.59. The summed E-state index contributed by atoms with van der Waals surface area (Å²) in [6.07, 6.45) is 2.00. The topological polar surface area (TPSA) is 41.0 Å². The molecule has 0 fully saturated rings. The maximum absolute atomic E-state index is 9.22. The first kappa shape index (κ1) is 11.0. The van der Waals surface area contributed by atoms with Gasteiger partial charge in [0.2, 0.25) is 0 Å². The molecule has 3 nitrogen and oxygen atoms in total. The number of aromatic nitrogens is 2. The highest BCUT2D eigenvalue weighted by molar-refractivity contribution is 7.71. The van der Waals surface area contributed by atoms with Crippen LogP contribution in [0.5, 0.6) is 5.75 Å². The van der Waals surface area contributed by atoms with Crippen molar-refractivity contribution in [2.75, 3.05) is 0 Å². The zero-order valence-electron chi connectivity index (χ0n) is 9.27. The molecule has 0 unspecified atom stereocenters. The Hall–Kier alpha value is -1.55. The van der Waals surface area contributed by atoms with Gasteiger partial charge in [-0.1, -0.05) is 0 Å². The predicted molar refractivity (Wildman–Crippen MR) is 67.1 cm³/mol. The van der Waals surface area contributed by atoms with Gasteiger partial charge in [-0.05, 0) is 55.9 Å². The summed E-state index contributed by atoms with van der Waals surface area (Å²) in [4.78, 5) is 3.16. The van der Waals surface area contributed by atoms with E-state index in [1.807, 2.05) is 22.9 Å². The minimum Gasteiger partial charge on any atom is -0.508 e. The second-order valence-corrected chi connectivity index (χ2v) is 4.41. The van der Waals surface area contributed by atoms with Crippen molar-refractivity contribution in [2.45, 2.75) is 19.9 Å². The van der Waals surface area contributed by atoms with E-state index in [1.165, 1.54) is 0 Å². The van der Waals surface area contributed by atoms with Crippen LogP contribution in [0.15, 0.2) is 30.5 Å². The Labute approximate surface area is 99.4 Å². The molecule has 2 rings (SSSR count). The first-order valence-electron chi connectivity index (χ1n) is 5.18. The number of phenolic OH excluding ortho intramolecular Hbond substituents is 1. The molecule has 1 aromatic carbocycles. The molecule has 2 aromatic rings. The Bertz CT molecular complexity index is 537. The van der Waals surface area contributed by atoms with Gasteiger partial charge in [0.1, 0.15) is 5.75 Å². The number of imidazole rings is 1. The van der Waals surface area contributed by atoms with Crippen molar-refractivity contribution in [1.29, 1.82) is 0 Å². The van der Waals surface area contributed by atoms with E-state index in [4.69, 9.17) is 12.2 Å². The van der Waals surface area contributed by atoms with Gasteiger partial charge < -0.3 is 14.7 Å². The largest absolute Gasteiger partial charge is 0.508 e. The van der Waals surface area contributed by atoms with Crippen LogP contribution in [0.25, 0.3) is 11.3 Å². The molecule has 0 aliphatic carbocycles. The molecule has 0 saturated carbocycles. The summed E-state index contributed by atoms with van der Waals surface area (Å²) >= 11 is 5.23. The second kappa shape index (κ2) is 4.14. The maximum Gasteiger partial charge on any atom is 0.177 e. The van der Waals surface area contributed by atoms with Crippen molar-refractivity contribution in [3.05, 3.63) is 35.2 Å². The fourth-order valence-corrected chi connectivity index (χ4v) is 1.95. The highest BCUT2D eigenvalue weighted by Gasteiger charge is 2.05. The van der Waals surface area contributed by atoms with Gasteiger partial charge in [-0.3, -0.25) is 0 Å². The molecular weight excluding hydrogens is 220 g/mol. The third-order valence-electron chi connectivity index (χ3n) is 2.48. The van der Waals surface area contributed by atoms with Crippen LogP contribution in [0.3, 0.4) is 0 Å². The van der Waals surface area contributed by atoms with E-state index in [-0.39, 0.29) is 5.75 Å². The molecule has 0 bridgehead atoms. The standard InChI is InChI=1S/C12H14N2OS/c1-8(2)14-7-11(13-12(14)16)9-3-5-10(15)6-4-9/h3-8,15H,1-2H3,(H,13,16).